The Hall–Kier alpha value is -0.900. The summed E-state index contributed by atoms with van der Waals surface area (Å²) in [7, 11) is 0. The number of carbonyl (C=O) groups excluding carboxylic acids is 2. The Kier molecular flexibility index (Phi) is 2.82. The smallest absolute Gasteiger partial charge is 0.229 e. The molecule has 0 unspecified atom stereocenters. The predicted octanol–water partition coefficient (Wildman–Crippen LogP) is 0.277. The van der Waals surface area contributed by atoms with Crippen LogP contribution in [0.2, 0.25) is 0 Å². The van der Waals surface area contributed by atoms with Crippen LogP contribution in [0.1, 0.15) is 32.1 Å². The van der Waals surface area contributed by atoms with Gasteiger partial charge in [0.05, 0.1) is 0 Å². The molecule has 14 heavy (non-hydrogen) atoms. The van der Waals surface area contributed by atoms with Gasteiger partial charge in [-0.05, 0) is 19.4 Å². The van der Waals surface area contributed by atoms with Gasteiger partial charge in [-0.2, -0.15) is 0 Å². The highest BCUT2D eigenvalue weighted by Gasteiger charge is 2.30. The minimum Gasteiger partial charge on any atom is -0.312 e. The Morgan fingerprint density at radius 3 is 2.50 bits per heavy atom. The third kappa shape index (κ3) is 1.95. The number of nitrogens with one attached hydrogen (secondary N) is 1. The quantitative estimate of drug-likeness (QED) is 0.645. The zero-order valence-electron chi connectivity index (χ0n) is 8.29. The van der Waals surface area contributed by atoms with E-state index < -0.39 is 0 Å². The van der Waals surface area contributed by atoms with Gasteiger partial charge in [-0.15, -0.1) is 0 Å². The highest BCUT2D eigenvalue weighted by Crippen LogP contribution is 2.15. The fourth-order valence-electron chi connectivity index (χ4n) is 2.13. The summed E-state index contributed by atoms with van der Waals surface area (Å²) in [5.41, 5.74) is 0. The molecule has 0 aromatic rings. The Labute approximate surface area is 83.6 Å². The van der Waals surface area contributed by atoms with Gasteiger partial charge < -0.3 is 5.32 Å². The van der Waals surface area contributed by atoms with E-state index in [-0.39, 0.29) is 11.8 Å². The third-order valence-corrected chi connectivity index (χ3v) is 2.97. The second kappa shape index (κ2) is 4.09. The number of hydrogen-bond acceptors (Lipinski definition) is 3. The molecule has 1 atom stereocenters. The van der Waals surface area contributed by atoms with E-state index >= 15 is 0 Å². The van der Waals surface area contributed by atoms with E-state index in [2.05, 4.69) is 5.32 Å². The first kappa shape index (κ1) is 9.65. The second-order valence-corrected chi connectivity index (χ2v) is 4.04. The van der Waals surface area contributed by atoms with Crippen LogP contribution in [0.25, 0.3) is 0 Å². The van der Waals surface area contributed by atoms with E-state index in [1.807, 2.05) is 0 Å². The van der Waals surface area contributed by atoms with E-state index in [4.69, 9.17) is 0 Å². The van der Waals surface area contributed by atoms with E-state index in [9.17, 15) is 9.59 Å². The molecule has 78 valence electrons. The van der Waals surface area contributed by atoms with Gasteiger partial charge in [0, 0.05) is 25.4 Å². The molecule has 2 saturated heterocycles. The summed E-state index contributed by atoms with van der Waals surface area (Å²) in [6, 6.07) is 0.328. The Morgan fingerprint density at radius 1 is 1.21 bits per heavy atom. The van der Waals surface area contributed by atoms with Gasteiger partial charge in [0.15, 0.2) is 0 Å². The molecule has 0 aromatic carbocycles. The lowest BCUT2D eigenvalue weighted by atomic mass is 10.0. The standard InChI is InChI=1S/C10H16N2O2/c13-9-4-5-10(14)12(9)7-8-3-1-2-6-11-8/h8,11H,1-7H2/t8-/m1/s1. The minimum absolute atomic E-state index is 0.00220. The Bertz CT molecular complexity index is 231. The topological polar surface area (TPSA) is 49.4 Å². The maximum absolute atomic E-state index is 11.3. The van der Waals surface area contributed by atoms with Crippen molar-refractivity contribution in [1.82, 2.24) is 10.2 Å². The molecule has 4 heteroatoms. The molecule has 2 rings (SSSR count). The molecule has 2 fully saturated rings. The summed E-state index contributed by atoms with van der Waals surface area (Å²) in [5.74, 6) is 0.00440. The summed E-state index contributed by atoms with van der Waals surface area (Å²) >= 11 is 0. The summed E-state index contributed by atoms with van der Waals surface area (Å²) in [5, 5.41) is 3.34. The van der Waals surface area contributed by atoms with Crippen molar-refractivity contribution in [3.8, 4) is 0 Å². The summed E-state index contributed by atoms with van der Waals surface area (Å²) in [4.78, 5) is 24.1. The molecule has 0 bridgehead atoms. The van der Waals surface area contributed by atoms with Crippen LogP contribution in [-0.4, -0.2) is 35.8 Å². The number of likely N-dealkylation sites (tertiary alicyclic amines) is 1. The second-order valence-electron chi connectivity index (χ2n) is 4.04. The number of amides is 2. The van der Waals surface area contributed by atoms with Gasteiger partial charge in [0.2, 0.25) is 11.8 Å². The number of carbonyl (C=O) groups is 2. The molecule has 2 amide bonds. The lowest BCUT2D eigenvalue weighted by Gasteiger charge is -2.26. The summed E-state index contributed by atoms with van der Waals surface area (Å²) < 4.78 is 0. The Morgan fingerprint density at radius 2 is 1.93 bits per heavy atom. The number of rotatable bonds is 2. The van der Waals surface area contributed by atoms with Crippen molar-refractivity contribution in [2.45, 2.75) is 38.1 Å². The molecule has 2 heterocycles. The molecule has 0 spiro atoms. The number of piperidine rings is 1. The van der Waals surface area contributed by atoms with E-state index in [1.165, 1.54) is 17.7 Å². The van der Waals surface area contributed by atoms with Gasteiger partial charge in [-0.1, -0.05) is 6.42 Å². The van der Waals surface area contributed by atoms with Crippen LogP contribution in [0.4, 0.5) is 0 Å². The summed E-state index contributed by atoms with van der Waals surface area (Å²) in [6.45, 7) is 1.60. The molecule has 0 saturated carbocycles. The molecule has 0 aliphatic carbocycles. The first-order valence-electron chi connectivity index (χ1n) is 5.34. The molecular formula is C10H16N2O2. The first-order valence-corrected chi connectivity index (χ1v) is 5.34. The lowest BCUT2D eigenvalue weighted by molar-refractivity contribution is -0.138. The van der Waals surface area contributed by atoms with Crippen LogP contribution < -0.4 is 5.32 Å². The average molecular weight is 196 g/mol. The van der Waals surface area contributed by atoms with Crippen LogP contribution in [0.15, 0.2) is 0 Å². The lowest BCUT2D eigenvalue weighted by Crippen LogP contribution is -2.45. The van der Waals surface area contributed by atoms with Crippen LogP contribution in [0.5, 0.6) is 0 Å². The summed E-state index contributed by atoms with van der Waals surface area (Å²) in [6.07, 6.45) is 4.31. The van der Waals surface area contributed by atoms with Crippen LogP contribution >= 0.6 is 0 Å². The zero-order valence-corrected chi connectivity index (χ0v) is 8.29. The van der Waals surface area contributed by atoms with Gasteiger partial charge in [0.25, 0.3) is 0 Å². The van der Waals surface area contributed by atoms with Gasteiger partial charge in [0.1, 0.15) is 0 Å². The molecule has 4 nitrogen and oxygen atoms in total. The monoisotopic (exact) mass is 196 g/mol. The molecule has 0 aromatic heterocycles. The Balaban J connectivity index is 1.89. The third-order valence-electron chi connectivity index (χ3n) is 2.97. The normalized spacial score (nSPS) is 28.6. The minimum atomic E-state index is 0.00220. The maximum atomic E-state index is 11.3. The highest BCUT2D eigenvalue weighted by atomic mass is 16.2. The zero-order chi connectivity index (χ0) is 9.97. The number of nitrogens with zero attached hydrogens (tertiary/aromatic N) is 1. The molecular weight excluding hydrogens is 180 g/mol. The van der Waals surface area contributed by atoms with Crippen LogP contribution in [0.3, 0.4) is 0 Å². The van der Waals surface area contributed by atoms with E-state index in [0.717, 1.165) is 13.0 Å². The van der Waals surface area contributed by atoms with Gasteiger partial charge >= 0.3 is 0 Å². The first-order chi connectivity index (χ1) is 6.77. The largest absolute Gasteiger partial charge is 0.312 e. The fraction of sp³-hybridized carbons (Fsp3) is 0.800. The SMILES string of the molecule is O=C1CCC(=O)N1C[C@H]1CCCCN1. The number of imide groups is 1. The van der Waals surface area contributed by atoms with Crippen LogP contribution in [-0.2, 0) is 9.59 Å². The van der Waals surface area contributed by atoms with Gasteiger partial charge in [-0.3, -0.25) is 14.5 Å². The van der Waals surface area contributed by atoms with Gasteiger partial charge in [-0.25, -0.2) is 0 Å². The van der Waals surface area contributed by atoms with Crippen molar-refractivity contribution in [1.29, 1.82) is 0 Å². The van der Waals surface area contributed by atoms with Crippen molar-refractivity contribution >= 4 is 11.8 Å². The van der Waals surface area contributed by atoms with Crippen molar-refractivity contribution in [3.05, 3.63) is 0 Å². The van der Waals surface area contributed by atoms with E-state index in [0.29, 0.717) is 25.4 Å². The maximum Gasteiger partial charge on any atom is 0.229 e. The molecule has 2 aliphatic rings. The van der Waals surface area contributed by atoms with E-state index in [1.54, 1.807) is 0 Å². The fourth-order valence-corrected chi connectivity index (χ4v) is 2.13. The molecule has 2 aliphatic heterocycles. The predicted molar refractivity (Wildman–Crippen MR) is 51.6 cm³/mol. The van der Waals surface area contributed by atoms with Crippen molar-refractivity contribution < 1.29 is 9.59 Å². The van der Waals surface area contributed by atoms with Crippen LogP contribution in [0, 0.1) is 0 Å². The highest BCUT2D eigenvalue weighted by molar-refractivity contribution is 6.01. The average Bonchev–Trinajstić information content (AvgIpc) is 2.51. The van der Waals surface area contributed by atoms with Crippen molar-refractivity contribution in [3.63, 3.8) is 0 Å². The molecule has 0 radical (unpaired) electrons. The molecule has 1 N–H and O–H groups in total. The van der Waals surface area contributed by atoms with Crippen molar-refractivity contribution in [2.75, 3.05) is 13.1 Å². The number of hydrogen-bond donors (Lipinski definition) is 1. The van der Waals surface area contributed by atoms with Crippen molar-refractivity contribution in [2.24, 2.45) is 0 Å².